The van der Waals surface area contributed by atoms with Crippen molar-refractivity contribution in [1.82, 2.24) is 4.72 Å². The highest BCUT2D eigenvalue weighted by Gasteiger charge is 2.28. The fourth-order valence-corrected chi connectivity index (χ4v) is 4.54. The Kier molecular flexibility index (Phi) is 4.32. The van der Waals surface area contributed by atoms with E-state index in [0.29, 0.717) is 22.6 Å². The van der Waals surface area contributed by atoms with Crippen molar-refractivity contribution in [2.75, 3.05) is 5.32 Å². The SMILES string of the molecule is C[C@H](N=C1Nc2ccc(Cl)cc2S(=O)(=O)N1)C1CCCCC1. The van der Waals surface area contributed by atoms with E-state index in [9.17, 15) is 8.42 Å². The fraction of sp³-hybridized carbons (Fsp3) is 0.533. The summed E-state index contributed by atoms with van der Waals surface area (Å²) >= 11 is 5.88. The minimum Gasteiger partial charge on any atom is -0.324 e. The molecule has 1 saturated carbocycles. The molecule has 2 aliphatic rings. The molecule has 120 valence electrons. The van der Waals surface area contributed by atoms with Gasteiger partial charge >= 0.3 is 0 Å². The number of nitrogens with one attached hydrogen (secondary N) is 2. The fourth-order valence-electron chi connectivity index (χ4n) is 3.14. The van der Waals surface area contributed by atoms with E-state index in [1.165, 1.54) is 25.3 Å². The molecule has 1 atom stereocenters. The lowest BCUT2D eigenvalue weighted by Crippen LogP contribution is -2.41. The lowest BCUT2D eigenvalue weighted by atomic mass is 9.85. The van der Waals surface area contributed by atoms with Crippen LogP contribution in [0.5, 0.6) is 0 Å². The van der Waals surface area contributed by atoms with Crippen molar-refractivity contribution in [1.29, 1.82) is 0 Å². The molecule has 0 radical (unpaired) electrons. The third-order valence-corrected chi connectivity index (χ3v) is 6.00. The first-order valence-electron chi connectivity index (χ1n) is 7.63. The topological polar surface area (TPSA) is 70.6 Å². The van der Waals surface area contributed by atoms with Crippen molar-refractivity contribution in [3.05, 3.63) is 23.2 Å². The van der Waals surface area contributed by atoms with Crippen molar-refractivity contribution in [3.8, 4) is 0 Å². The van der Waals surface area contributed by atoms with Crippen LogP contribution in [-0.4, -0.2) is 20.4 Å². The Bertz CT molecular complexity index is 697. The molecule has 2 N–H and O–H groups in total. The number of anilines is 1. The second kappa shape index (κ2) is 6.08. The molecule has 3 rings (SSSR count). The summed E-state index contributed by atoms with van der Waals surface area (Å²) in [6.07, 6.45) is 6.09. The highest BCUT2D eigenvalue weighted by molar-refractivity contribution is 7.90. The summed E-state index contributed by atoms with van der Waals surface area (Å²) in [5.41, 5.74) is 0.512. The molecule has 0 saturated heterocycles. The average molecular weight is 342 g/mol. The van der Waals surface area contributed by atoms with Crippen LogP contribution in [0.15, 0.2) is 28.1 Å². The third-order valence-electron chi connectivity index (χ3n) is 4.38. The molecule has 0 unspecified atom stereocenters. The van der Waals surface area contributed by atoms with E-state index in [0.717, 1.165) is 12.8 Å². The lowest BCUT2D eigenvalue weighted by molar-refractivity contribution is 0.317. The van der Waals surface area contributed by atoms with Gasteiger partial charge in [-0.05, 0) is 43.9 Å². The summed E-state index contributed by atoms with van der Waals surface area (Å²) in [6, 6.07) is 4.86. The standard InChI is InChI=1S/C15H20ClN3O2S/c1-10(11-5-3-2-4-6-11)17-15-18-13-8-7-12(16)9-14(13)22(20,21)19-15/h7-11H,2-6H2,1H3,(H2,17,18,19)/t10-/m0/s1. The summed E-state index contributed by atoms with van der Waals surface area (Å²) in [5.74, 6) is 0.826. The van der Waals surface area contributed by atoms with E-state index >= 15 is 0 Å². The largest absolute Gasteiger partial charge is 0.324 e. The molecule has 0 amide bonds. The summed E-state index contributed by atoms with van der Waals surface area (Å²) in [4.78, 5) is 4.72. The van der Waals surface area contributed by atoms with E-state index in [1.54, 1.807) is 12.1 Å². The van der Waals surface area contributed by atoms with Gasteiger partial charge in [0.1, 0.15) is 4.90 Å². The van der Waals surface area contributed by atoms with E-state index < -0.39 is 10.0 Å². The predicted molar refractivity (Wildman–Crippen MR) is 88.9 cm³/mol. The molecule has 1 aromatic carbocycles. The van der Waals surface area contributed by atoms with Crippen LogP contribution in [0.25, 0.3) is 0 Å². The second-order valence-electron chi connectivity index (χ2n) is 5.99. The molecule has 1 aromatic rings. The van der Waals surface area contributed by atoms with E-state index in [4.69, 9.17) is 11.6 Å². The van der Waals surface area contributed by atoms with Crippen LogP contribution in [0.4, 0.5) is 5.69 Å². The lowest BCUT2D eigenvalue weighted by Gasteiger charge is -2.27. The minimum atomic E-state index is -3.62. The number of halogens is 1. The number of guanidine groups is 1. The van der Waals surface area contributed by atoms with Crippen molar-refractivity contribution in [2.45, 2.75) is 50.0 Å². The molecule has 1 heterocycles. The van der Waals surface area contributed by atoms with Crippen molar-refractivity contribution in [3.63, 3.8) is 0 Å². The van der Waals surface area contributed by atoms with Gasteiger partial charge in [0.05, 0.1) is 11.7 Å². The van der Waals surface area contributed by atoms with Crippen LogP contribution in [-0.2, 0) is 10.0 Å². The van der Waals surface area contributed by atoms with E-state index in [1.807, 2.05) is 0 Å². The van der Waals surface area contributed by atoms with Gasteiger partial charge in [0, 0.05) is 5.02 Å². The molecule has 5 nitrogen and oxygen atoms in total. The maximum Gasteiger partial charge on any atom is 0.266 e. The van der Waals surface area contributed by atoms with Crippen molar-refractivity contribution in [2.24, 2.45) is 10.9 Å². The van der Waals surface area contributed by atoms with Gasteiger partial charge in [-0.25, -0.2) is 18.1 Å². The molecule has 1 fully saturated rings. The average Bonchev–Trinajstić information content (AvgIpc) is 2.48. The quantitative estimate of drug-likeness (QED) is 0.866. The van der Waals surface area contributed by atoms with Crippen LogP contribution < -0.4 is 10.0 Å². The number of aliphatic imine (C=N–C) groups is 1. The number of nitrogens with zero attached hydrogens (tertiary/aromatic N) is 1. The van der Waals surface area contributed by atoms with Gasteiger partial charge in [0.15, 0.2) is 0 Å². The van der Waals surface area contributed by atoms with Crippen LogP contribution in [0, 0.1) is 5.92 Å². The number of fused-ring (bicyclic) bond motifs is 1. The summed E-state index contributed by atoms with van der Waals surface area (Å²) in [6.45, 7) is 2.05. The van der Waals surface area contributed by atoms with Gasteiger partial charge in [0.2, 0.25) is 5.96 Å². The highest BCUT2D eigenvalue weighted by Crippen LogP contribution is 2.30. The molecule has 22 heavy (non-hydrogen) atoms. The Balaban J connectivity index is 1.85. The summed E-state index contributed by atoms with van der Waals surface area (Å²) < 4.78 is 27.1. The van der Waals surface area contributed by atoms with Crippen LogP contribution in [0.1, 0.15) is 39.0 Å². The van der Waals surface area contributed by atoms with Crippen LogP contribution >= 0.6 is 11.6 Å². The maximum absolute atomic E-state index is 12.3. The van der Waals surface area contributed by atoms with Gasteiger partial charge in [-0.1, -0.05) is 30.9 Å². The van der Waals surface area contributed by atoms with Crippen molar-refractivity contribution >= 4 is 33.3 Å². The third kappa shape index (κ3) is 3.22. The zero-order chi connectivity index (χ0) is 15.7. The first kappa shape index (κ1) is 15.6. The Morgan fingerprint density at radius 1 is 1.27 bits per heavy atom. The number of benzene rings is 1. The normalized spacial score (nSPS) is 24.2. The molecule has 1 aliphatic carbocycles. The molecule has 0 bridgehead atoms. The molecule has 1 aliphatic heterocycles. The smallest absolute Gasteiger partial charge is 0.266 e. The molecular weight excluding hydrogens is 322 g/mol. The van der Waals surface area contributed by atoms with Gasteiger partial charge in [-0.3, -0.25) is 0 Å². The van der Waals surface area contributed by atoms with Gasteiger partial charge < -0.3 is 5.32 Å². The van der Waals surface area contributed by atoms with E-state index in [2.05, 4.69) is 22.0 Å². The highest BCUT2D eigenvalue weighted by atomic mass is 35.5. The second-order valence-corrected chi connectivity index (χ2v) is 8.07. The molecule has 0 aromatic heterocycles. The van der Waals surface area contributed by atoms with Crippen LogP contribution in [0.3, 0.4) is 0 Å². The zero-order valence-corrected chi connectivity index (χ0v) is 14.0. The monoisotopic (exact) mass is 341 g/mol. The number of hydrogen-bond donors (Lipinski definition) is 2. The summed E-state index contributed by atoms with van der Waals surface area (Å²) in [5, 5.41) is 3.44. The van der Waals surface area contributed by atoms with E-state index in [-0.39, 0.29) is 10.9 Å². The van der Waals surface area contributed by atoms with Gasteiger partial charge in [-0.15, -0.1) is 0 Å². The number of hydrogen-bond acceptors (Lipinski definition) is 3. The number of sulfonamides is 1. The Morgan fingerprint density at radius 3 is 2.73 bits per heavy atom. The Hall–Kier alpha value is -1.27. The minimum absolute atomic E-state index is 0.0966. The Morgan fingerprint density at radius 2 is 2.00 bits per heavy atom. The first-order valence-corrected chi connectivity index (χ1v) is 9.49. The predicted octanol–water partition coefficient (Wildman–Crippen LogP) is 3.37. The van der Waals surface area contributed by atoms with Crippen LogP contribution in [0.2, 0.25) is 5.02 Å². The maximum atomic E-state index is 12.3. The number of rotatable bonds is 2. The first-order chi connectivity index (χ1) is 10.5. The summed E-state index contributed by atoms with van der Waals surface area (Å²) in [7, 11) is -3.62. The zero-order valence-electron chi connectivity index (χ0n) is 12.5. The van der Waals surface area contributed by atoms with Crippen molar-refractivity contribution < 1.29 is 8.42 Å². The molecule has 7 heteroatoms. The van der Waals surface area contributed by atoms with Gasteiger partial charge in [-0.2, -0.15) is 0 Å². The Labute approximate surface area is 136 Å². The molecular formula is C15H20ClN3O2S. The molecule has 0 spiro atoms. The van der Waals surface area contributed by atoms with Gasteiger partial charge in [0.25, 0.3) is 10.0 Å².